The number of anilines is 1. The minimum absolute atomic E-state index is 0.276. The summed E-state index contributed by atoms with van der Waals surface area (Å²) in [6, 6.07) is 13.0. The average Bonchev–Trinajstić information content (AvgIpc) is 3.11. The molecule has 1 aromatic carbocycles. The first kappa shape index (κ1) is 18.0. The first-order valence-corrected chi connectivity index (χ1v) is 9.06. The summed E-state index contributed by atoms with van der Waals surface area (Å²) in [5.41, 5.74) is 2.03. The summed E-state index contributed by atoms with van der Waals surface area (Å²) >= 11 is 1.37. The fourth-order valence-electron chi connectivity index (χ4n) is 2.26. The van der Waals surface area contributed by atoms with Crippen LogP contribution in [0.25, 0.3) is 11.3 Å². The maximum Gasteiger partial charge on any atom is 0.276 e. The molecule has 3 aromatic rings. The molecule has 2 heterocycles. The van der Waals surface area contributed by atoms with E-state index in [-0.39, 0.29) is 5.91 Å². The van der Waals surface area contributed by atoms with Crippen molar-refractivity contribution in [2.75, 3.05) is 32.6 Å². The number of para-hydroxylation sites is 1. The van der Waals surface area contributed by atoms with Crippen molar-refractivity contribution in [3.63, 3.8) is 0 Å². The van der Waals surface area contributed by atoms with Crippen molar-refractivity contribution in [1.82, 2.24) is 14.9 Å². The molecule has 0 saturated heterocycles. The van der Waals surface area contributed by atoms with Gasteiger partial charge in [-0.3, -0.25) is 15.1 Å². The minimum Gasteiger partial charge on any atom is -0.492 e. The molecule has 0 saturated carbocycles. The van der Waals surface area contributed by atoms with E-state index in [2.05, 4.69) is 20.2 Å². The number of ether oxygens (including phenoxy) is 1. The van der Waals surface area contributed by atoms with Crippen LogP contribution >= 0.6 is 11.3 Å². The second kappa shape index (κ2) is 8.55. The number of benzene rings is 1. The number of nitrogens with zero attached hydrogens (tertiary/aromatic N) is 3. The molecule has 3 rings (SSSR count). The van der Waals surface area contributed by atoms with E-state index in [1.807, 2.05) is 43.7 Å². The Morgan fingerprint density at radius 1 is 1.19 bits per heavy atom. The summed E-state index contributed by atoms with van der Waals surface area (Å²) in [4.78, 5) is 22.8. The van der Waals surface area contributed by atoms with Crippen LogP contribution in [0.2, 0.25) is 0 Å². The Morgan fingerprint density at radius 2 is 2.00 bits per heavy atom. The topological polar surface area (TPSA) is 67.3 Å². The Bertz CT molecular complexity index is 865. The second-order valence-corrected chi connectivity index (χ2v) is 6.71. The molecule has 134 valence electrons. The van der Waals surface area contributed by atoms with E-state index in [0.717, 1.165) is 23.6 Å². The third-order valence-corrected chi connectivity index (χ3v) is 4.34. The summed E-state index contributed by atoms with van der Waals surface area (Å²) in [7, 11) is 4.01. The zero-order valence-electron chi connectivity index (χ0n) is 14.7. The van der Waals surface area contributed by atoms with E-state index >= 15 is 0 Å². The van der Waals surface area contributed by atoms with E-state index < -0.39 is 0 Å². The molecule has 0 unspecified atom stereocenters. The first-order chi connectivity index (χ1) is 12.6. The van der Waals surface area contributed by atoms with Crippen LogP contribution in [-0.4, -0.2) is 48.0 Å². The van der Waals surface area contributed by atoms with Crippen LogP contribution in [-0.2, 0) is 0 Å². The zero-order valence-corrected chi connectivity index (χ0v) is 15.5. The molecule has 2 aromatic heterocycles. The third kappa shape index (κ3) is 4.65. The number of rotatable bonds is 7. The molecule has 0 atom stereocenters. The summed E-state index contributed by atoms with van der Waals surface area (Å²) < 4.78 is 5.89. The summed E-state index contributed by atoms with van der Waals surface area (Å²) in [5.74, 6) is 0.504. The number of amides is 1. The lowest BCUT2D eigenvalue weighted by Gasteiger charge is -2.13. The lowest BCUT2D eigenvalue weighted by Crippen LogP contribution is -2.19. The van der Waals surface area contributed by atoms with E-state index in [0.29, 0.717) is 17.4 Å². The Hall–Kier alpha value is -2.77. The lowest BCUT2D eigenvalue weighted by atomic mass is 10.1. The van der Waals surface area contributed by atoms with Gasteiger partial charge in [0.2, 0.25) is 0 Å². The highest BCUT2D eigenvalue weighted by Crippen LogP contribution is 2.32. The normalized spacial score (nSPS) is 10.7. The molecule has 0 radical (unpaired) electrons. The van der Waals surface area contributed by atoms with Crippen molar-refractivity contribution in [3.05, 3.63) is 59.7 Å². The maximum absolute atomic E-state index is 12.2. The number of hydrogen-bond acceptors (Lipinski definition) is 6. The highest BCUT2D eigenvalue weighted by atomic mass is 32.1. The molecule has 0 bridgehead atoms. The van der Waals surface area contributed by atoms with Crippen molar-refractivity contribution >= 4 is 22.4 Å². The summed E-state index contributed by atoms with van der Waals surface area (Å²) in [5, 5.41) is 5.22. The van der Waals surface area contributed by atoms with Gasteiger partial charge < -0.3 is 9.64 Å². The van der Waals surface area contributed by atoms with Crippen LogP contribution in [0.15, 0.2) is 54.0 Å². The van der Waals surface area contributed by atoms with Crippen molar-refractivity contribution in [2.24, 2.45) is 0 Å². The fourth-order valence-corrected chi connectivity index (χ4v) is 2.96. The number of pyridine rings is 1. The molecule has 0 aliphatic carbocycles. The Kier molecular flexibility index (Phi) is 5.93. The van der Waals surface area contributed by atoms with Crippen LogP contribution < -0.4 is 10.1 Å². The van der Waals surface area contributed by atoms with Crippen molar-refractivity contribution in [2.45, 2.75) is 0 Å². The largest absolute Gasteiger partial charge is 0.492 e. The number of carbonyl (C=O) groups is 1. The average molecular weight is 368 g/mol. The standard InChI is InChI=1S/C19H20N4O2S/c1-23(2)11-12-25-17-9-4-3-7-14(17)16-13-26-19(21-16)22-18(24)15-8-5-6-10-20-15/h3-10,13H,11-12H2,1-2H3,(H,21,22,24). The SMILES string of the molecule is CN(C)CCOc1ccccc1-c1csc(NC(=O)c2ccccn2)n1. The number of likely N-dealkylation sites (N-methyl/N-ethyl adjacent to an activating group) is 1. The molecule has 0 aliphatic heterocycles. The van der Waals surface area contributed by atoms with Gasteiger partial charge in [-0.15, -0.1) is 11.3 Å². The molecular formula is C19H20N4O2S. The zero-order chi connectivity index (χ0) is 18.4. The Labute approximate surface area is 156 Å². The molecule has 0 aliphatic rings. The van der Waals surface area contributed by atoms with Gasteiger partial charge in [-0.25, -0.2) is 4.98 Å². The number of hydrogen-bond donors (Lipinski definition) is 1. The second-order valence-electron chi connectivity index (χ2n) is 5.85. The van der Waals surface area contributed by atoms with Gasteiger partial charge in [-0.2, -0.15) is 0 Å². The summed E-state index contributed by atoms with van der Waals surface area (Å²) in [6.45, 7) is 1.42. The van der Waals surface area contributed by atoms with Gasteiger partial charge in [0, 0.05) is 23.7 Å². The van der Waals surface area contributed by atoms with Crippen molar-refractivity contribution < 1.29 is 9.53 Å². The van der Waals surface area contributed by atoms with E-state index in [1.54, 1.807) is 24.4 Å². The quantitative estimate of drug-likeness (QED) is 0.692. The fraction of sp³-hybridized carbons (Fsp3) is 0.211. The molecule has 1 N–H and O–H groups in total. The van der Waals surface area contributed by atoms with Gasteiger partial charge in [-0.1, -0.05) is 18.2 Å². The van der Waals surface area contributed by atoms with Gasteiger partial charge in [0.05, 0.1) is 5.69 Å². The van der Waals surface area contributed by atoms with Crippen LogP contribution in [0, 0.1) is 0 Å². The smallest absolute Gasteiger partial charge is 0.276 e. The van der Waals surface area contributed by atoms with E-state index in [9.17, 15) is 4.79 Å². The van der Waals surface area contributed by atoms with Gasteiger partial charge in [-0.05, 0) is 38.4 Å². The number of thiazole rings is 1. The number of nitrogens with one attached hydrogen (secondary N) is 1. The maximum atomic E-state index is 12.2. The van der Waals surface area contributed by atoms with Crippen LogP contribution in [0.1, 0.15) is 10.5 Å². The van der Waals surface area contributed by atoms with Gasteiger partial charge in [0.1, 0.15) is 18.1 Å². The Morgan fingerprint density at radius 3 is 2.77 bits per heavy atom. The first-order valence-electron chi connectivity index (χ1n) is 8.18. The molecule has 0 fully saturated rings. The summed E-state index contributed by atoms with van der Waals surface area (Å²) in [6.07, 6.45) is 1.59. The molecule has 1 amide bonds. The van der Waals surface area contributed by atoms with E-state index in [1.165, 1.54) is 11.3 Å². The minimum atomic E-state index is -0.276. The third-order valence-electron chi connectivity index (χ3n) is 3.58. The molecule has 0 spiro atoms. The van der Waals surface area contributed by atoms with Gasteiger partial charge in [0.25, 0.3) is 5.91 Å². The highest BCUT2D eigenvalue weighted by Gasteiger charge is 2.13. The van der Waals surface area contributed by atoms with Gasteiger partial charge in [0.15, 0.2) is 5.13 Å². The number of carbonyl (C=O) groups excluding carboxylic acids is 1. The molecule has 7 heteroatoms. The highest BCUT2D eigenvalue weighted by molar-refractivity contribution is 7.14. The predicted octanol–water partition coefficient (Wildman–Crippen LogP) is 3.40. The van der Waals surface area contributed by atoms with E-state index in [4.69, 9.17) is 4.74 Å². The molecule has 26 heavy (non-hydrogen) atoms. The van der Waals surface area contributed by atoms with Crippen LogP contribution in [0.4, 0.5) is 5.13 Å². The van der Waals surface area contributed by atoms with Crippen molar-refractivity contribution in [3.8, 4) is 17.0 Å². The van der Waals surface area contributed by atoms with Crippen molar-refractivity contribution in [1.29, 1.82) is 0 Å². The van der Waals surface area contributed by atoms with Crippen LogP contribution in [0.3, 0.4) is 0 Å². The molecular weight excluding hydrogens is 348 g/mol. The lowest BCUT2D eigenvalue weighted by molar-refractivity contribution is 0.102. The predicted molar refractivity (Wildman–Crippen MR) is 104 cm³/mol. The Balaban J connectivity index is 1.72. The van der Waals surface area contributed by atoms with Crippen LogP contribution in [0.5, 0.6) is 5.75 Å². The number of aromatic nitrogens is 2. The van der Waals surface area contributed by atoms with Gasteiger partial charge >= 0.3 is 0 Å². The molecule has 6 nitrogen and oxygen atoms in total. The monoisotopic (exact) mass is 368 g/mol.